The predicted octanol–water partition coefficient (Wildman–Crippen LogP) is 2.38. The fourth-order valence-electron chi connectivity index (χ4n) is 1.03. The van der Waals surface area contributed by atoms with Crippen LogP contribution in [0.3, 0.4) is 0 Å². The summed E-state index contributed by atoms with van der Waals surface area (Å²) < 4.78 is 25.4. The molecular formula is C10H24NO4P. The van der Waals surface area contributed by atoms with Crippen LogP contribution in [0.15, 0.2) is 4.74 Å². The molecule has 6 heteroatoms. The largest absolute Gasteiger partial charge is 0.385 e. The zero-order chi connectivity index (χ0) is 12.3. The lowest BCUT2D eigenvalue weighted by Crippen LogP contribution is -2.02. The molecule has 0 spiro atoms. The monoisotopic (exact) mass is 253 g/mol. The van der Waals surface area contributed by atoms with Crippen molar-refractivity contribution in [2.45, 2.75) is 12.8 Å². The summed E-state index contributed by atoms with van der Waals surface area (Å²) in [6.07, 6.45) is 1.73. The van der Waals surface area contributed by atoms with Gasteiger partial charge < -0.3 is 18.5 Å². The van der Waals surface area contributed by atoms with Crippen molar-refractivity contribution in [2.75, 3.05) is 54.4 Å². The topological polar surface area (TPSA) is 49.3 Å². The highest BCUT2D eigenvalue weighted by molar-refractivity contribution is 7.55. The Hall–Kier alpha value is 0.0700. The Morgan fingerprint density at radius 2 is 1.31 bits per heavy atom. The number of hydrogen-bond acceptors (Lipinski definition) is 5. The molecule has 0 aromatic heterocycles. The number of nitrogens with zero attached hydrogens (tertiary/aromatic N) is 1. The average molecular weight is 253 g/mol. The summed E-state index contributed by atoms with van der Waals surface area (Å²) in [5.41, 5.74) is 0. The van der Waals surface area contributed by atoms with Crippen LogP contribution in [0.2, 0.25) is 0 Å². The molecule has 0 aliphatic heterocycles. The average Bonchev–Trinajstić information content (AvgIpc) is 2.31. The molecule has 0 N–H and O–H groups in total. The molecule has 0 bridgehead atoms. The zero-order valence-electron chi connectivity index (χ0n) is 10.8. The highest BCUT2D eigenvalue weighted by Gasteiger charge is 2.12. The maximum atomic E-state index is 5.66. The molecule has 0 radical (unpaired) electrons. The summed E-state index contributed by atoms with van der Waals surface area (Å²) in [6.45, 7) is 4.58. The zero-order valence-corrected chi connectivity index (χ0v) is 11.7. The van der Waals surface area contributed by atoms with Crippen molar-refractivity contribution in [3.63, 3.8) is 0 Å². The van der Waals surface area contributed by atoms with E-state index in [1.165, 1.54) is 0 Å². The summed E-state index contributed by atoms with van der Waals surface area (Å²) in [5, 5.41) is 0. The fourth-order valence-corrected chi connectivity index (χ4v) is 2.27. The van der Waals surface area contributed by atoms with Crippen molar-refractivity contribution < 1.29 is 18.5 Å². The van der Waals surface area contributed by atoms with E-state index in [0.717, 1.165) is 12.8 Å². The van der Waals surface area contributed by atoms with Crippen LogP contribution in [-0.4, -0.2) is 54.4 Å². The van der Waals surface area contributed by atoms with Gasteiger partial charge in [-0.25, -0.2) is 0 Å². The van der Waals surface area contributed by atoms with Crippen LogP contribution in [0.25, 0.3) is 0 Å². The minimum Gasteiger partial charge on any atom is -0.385 e. The van der Waals surface area contributed by atoms with Crippen molar-refractivity contribution >= 4 is 7.51 Å². The van der Waals surface area contributed by atoms with Gasteiger partial charge in [0.2, 0.25) is 7.51 Å². The van der Waals surface area contributed by atoms with Crippen LogP contribution in [0, 0.1) is 0 Å². The summed E-state index contributed by atoms with van der Waals surface area (Å²) in [6, 6.07) is 0. The highest BCUT2D eigenvalue weighted by Crippen LogP contribution is 2.47. The first-order chi connectivity index (χ1) is 7.68. The first-order valence-corrected chi connectivity index (χ1v) is 7.46. The van der Waals surface area contributed by atoms with Gasteiger partial charge in [0.05, 0.1) is 13.2 Å². The fraction of sp³-hybridized carbons (Fsp3) is 1.00. The molecule has 0 rings (SSSR count). The normalized spacial score (nSPS) is 11.8. The van der Waals surface area contributed by atoms with Crippen molar-refractivity contribution in [1.29, 1.82) is 0 Å². The van der Waals surface area contributed by atoms with E-state index in [1.54, 1.807) is 21.3 Å². The molecule has 0 fully saturated rings. The molecule has 16 heavy (non-hydrogen) atoms. The second-order valence-corrected chi connectivity index (χ2v) is 5.88. The van der Waals surface area contributed by atoms with Gasteiger partial charge in [0, 0.05) is 41.1 Å². The Kier molecular flexibility index (Phi) is 10.3. The van der Waals surface area contributed by atoms with Crippen LogP contribution in [-0.2, 0) is 18.5 Å². The van der Waals surface area contributed by atoms with Crippen LogP contribution >= 0.6 is 7.51 Å². The van der Waals surface area contributed by atoms with E-state index in [1.807, 2.05) is 6.66 Å². The lowest BCUT2D eigenvalue weighted by molar-refractivity contribution is 0.154. The van der Waals surface area contributed by atoms with E-state index in [-0.39, 0.29) is 0 Å². The van der Waals surface area contributed by atoms with E-state index in [4.69, 9.17) is 18.5 Å². The maximum Gasteiger partial charge on any atom is 0.209 e. The Morgan fingerprint density at radius 1 is 0.875 bits per heavy atom. The van der Waals surface area contributed by atoms with E-state index >= 15 is 0 Å². The lowest BCUT2D eigenvalue weighted by Gasteiger charge is -2.19. The van der Waals surface area contributed by atoms with Gasteiger partial charge in [-0.1, -0.05) is 0 Å². The van der Waals surface area contributed by atoms with Gasteiger partial charge in [-0.2, -0.15) is 0 Å². The van der Waals surface area contributed by atoms with Crippen molar-refractivity contribution in [3.8, 4) is 0 Å². The van der Waals surface area contributed by atoms with Gasteiger partial charge in [0.15, 0.2) is 0 Å². The van der Waals surface area contributed by atoms with Gasteiger partial charge in [-0.3, -0.25) is 4.74 Å². The third-order valence-corrected chi connectivity index (χ3v) is 4.06. The molecule has 0 unspecified atom stereocenters. The van der Waals surface area contributed by atoms with Crippen LogP contribution in [0.5, 0.6) is 0 Å². The van der Waals surface area contributed by atoms with Gasteiger partial charge in [-0.15, -0.1) is 0 Å². The third kappa shape index (κ3) is 8.25. The Bertz CT molecular complexity index is 195. The maximum absolute atomic E-state index is 5.66. The third-order valence-electron chi connectivity index (χ3n) is 2.01. The smallest absolute Gasteiger partial charge is 0.209 e. The van der Waals surface area contributed by atoms with Gasteiger partial charge in [-0.05, 0) is 12.8 Å². The van der Waals surface area contributed by atoms with Crippen molar-refractivity contribution in [2.24, 2.45) is 4.74 Å². The molecule has 0 heterocycles. The number of ether oxygens (including phenoxy) is 2. The molecular weight excluding hydrogens is 229 g/mol. The Labute approximate surface area is 98.6 Å². The van der Waals surface area contributed by atoms with Gasteiger partial charge in [0.1, 0.15) is 0 Å². The predicted molar refractivity (Wildman–Crippen MR) is 66.1 cm³/mol. The summed E-state index contributed by atoms with van der Waals surface area (Å²) >= 11 is 0. The minimum absolute atomic E-state index is 0.625. The minimum atomic E-state index is -2.02. The first-order valence-electron chi connectivity index (χ1n) is 5.43. The molecule has 0 amide bonds. The van der Waals surface area contributed by atoms with Crippen LogP contribution < -0.4 is 0 Å². The van der Waals surface area contributed by atoms with E-state index in [9.17, 15) is 0 Å². The summed E-state index contributed by atoms with van der Waals surface area (Å²) in [4.78, 5) is 0. The molecule has 0 aliphatic rings. The number of hydrogen-bond donors (Lipinski definition) is 0. The van der Waals surface area contributed by atoms with E-state index in [0.29, 0.717) is 26.4 Å². The quantitative estimate of drug-likeness (QED) is 0.443. The molecule has 0 aromatic rings. The Morgan fingerprint density at radius 3 is 1.62 bits per heavy atom. The second kappa shape index (κ2) is 10.2. The van der Waals surface area contributed by atoms with E-state index < -0.39 is 7.51 Å². The molecule has 0 aliphatic carbocycles. The molecule has 5 nitrogen and oxygen atoms in total. The van der Waals surface area contributed by atoms with Crippen LogP contribution in [0.4, 0.5) is 0 Å². The highest BCUT2D eigenvalue weighted by atomic mass is 31.2. The number of rotatable bonds is 10. The summed E-state index contributed by atoms with van der Waals surface area (Å²) in [5.74, 6) is 0. The lowest BCUT2D eigenvalue weighted by atomic mass is 10.5. The second-order valence-electron chi connectivity index (χ2n) is 3.36. The van der Waals surface area contributed by atoms with E-state index in [2.05, 4.69) is 4.74 Å². The standard InChI is InChI=1S/C10H24NO4P/c1-11-16(4,14-9-5-7-12-2)15-10-6-8-13-3/h5-10H2,1-4H3. The van der Waals surface area contributed by atoms with Gasteiger partial charge >= 0.3 is 0 Å². The molecule has 0 saturated heterocycles. The number of methoxy groups -OCH3 is 2. The molecule has 0 aromatic carbocycles. The van der Waals surface area contributed by atoms with Crippen LogP contribution in [0.1, 0.15) is 12.8 Å². The SMILES string of the molecule is CN=P(C)(OCCCOC)OCCCOC. The molecule has 98 valence electrons. The van der Waals surface area contributed by atoms with Crippen molar-refractivity contribution in [3.05, 3.63) is 0 Å². The van der Waals surface area contributed by atoms with Gasteiger partial charge in [0.25, 0.3) is 0 Å². The van der Waals surface area contributed by atoms with Crippen molar-refractivity contribution in [1.82, 2.24) is 0 Å². The Balaban J connectivity index is 3.74. The molecule has 0 atom stereocenters. The first kappa shape index (κ1) is 16.1. The molecule has 0 saturated carbocycles. The summed E-state index contributed by atoms with van der Waals surface area (Å²) in [7, 11) is 3.08.